The summed E-state index contributed by atoms with van der Waals surface area (Å²) < 4.78 is 31.2. The van der Waals surface area contributed by atoms with Crippen molar-refractivity contribution in [1.29, 1.82) is 0 Å². The van der Waals surface area contributed by atoms with Gasteiger partial charge in [0.1, 0.15) is 6.04 Å². The molecule has 0 heterocycles. The Hall–Kier alpha value is -2.17. The summed E-state index contributed by atoms with van der Waals surface area (Å²) in [6.45, 7) is 0.415. The van der Waals surface area contributed by atoms with Crippen LogP contribution in [0.2, 0.25) is 5.02 Å². The van der Waals surface area contributed by atoms with Crippen molar-refractivity contribution >= 4 is 39.4 Å². The highest BCUT2D eigenvalue weighted by Crippen LogP contribution is 2.14. The number of rotatable bonds is 8. The van der Waals surface area contributed by atoms with Gasteiger partial charge in [-0.3, -0.25) is 14.4 Å². The van der Waals surface area contributed by atoms with Crippen LogP contribution in [-0.2, 0) is 29.1 Å². The lowest BCUT2D eigenvalue weighted by Gasteiger charge is -2.14. The molecule has 0 radical (unpaired) electrons. The van der Waals surface area contributed by atoms with Gasteiger partial charge in [0.05, 0.1) is 11.4 Å². The Morgan fingerprint density at radius 1 is 1.19 bits per heavy atom. The van der Waals surface area contributed by atoms with E-state index in [1.165, 1.54) is 50.2 Å². The maximum Gasteiger partial charge on any atom is 0.324 e. The lowest BCUT2D eigenvalue weighted by atomic mass is 10.4. The quantitative estimate of drug-likeness (QED) is 0.575. The average Bonchev–Trinajstić information content (AvgIpc) is 2.57. The first-order valence-corrected chi connectivity index (χ1v) is 9.30. The largest absolute Gasteiger partial charge is 0.454 e. The van der Waals surface area contributed by atoms with Crippen molar-refractivity contribution in [2.24, 2.45) is 0 Å². The van der Waals surface area contributed by atoms with Gasteiger partial charge in [-0.15, -0.1) is 0 Å². The molecule has 0 aliphatic carbocycles. The van der Waals surface area contributed by atoms with E-state index in [4.69, 9.17) is 16.3 Å². The molecule has 0 aliphatic heterocycles. The van der Waals surface area contributed by atoms with Crippen molar-refractivity contribution in [2.75, 3.05) is 27.2 Å². The molecule has 0 saturated carbocycles. The number of amides is 2. The molecule has 0 aromatic heterocycles. The third-order valence-electron chi connectivity index (χ3n) is 3.09. The first-order chi connectivity index (χ1) is 12.0. The molecule has 26 heavy (non-hydrogen) atoms. The summed E-state index contributed by atoms with van der Waals surface area (Å²) >= 11 is 5.70. The van der Waals surface area contributed by atoms with Crippen molar-refractivity contribution in [3.63, 3.8) is 0 Å². The summed E-state index contributed by atoms with van der Waals surface area (Å²) in [6, 6.07) is 4.17. The number of carbonyl (C=O) groups is 3. The van der Waals surface area contributed by atoms with Crippen LogP contribution in [0.3, 0.4) is 0 Å². The Morgan fingerprint density at radius 2 is 1.77 bits per heavy atom. The van der Waals surface area contributed by atoms with Crippen LogP contribution in [0.25, 0.3) is 0 Å². The predicted molar refractivity (Wildman–Crippen MR) is 93.9 cm³/mol. The molecule has 0 spiro atoms. The molecule has 2 N–H and O–H groups in total. The molecule has 0 unspecified atom stereocenters. The molecule has 9 nitrogen and oxygen atoms in total. The lowest BCUT2D eigenvalue weighted by molar-refractivity contribution is -0.149. The molecule has 0 aliphatic rings. The Labute approximate surface area is 156 Å². The highest BCUT2D eigenvalue weighted by molar-refractivity contribution is 7.89. The van der Waals surface area contributed by atoms with E-state index in [0.717, 1.165) is 0 Å². The number of hydrogen-bond donors (Lipinski definition) is 2. The van der Waals surface area contributed by atoms with Gasteiger partial charge in [-0.1, -0.05) is 11.6 Å². The van der Waals surface area contributed by atoms with Crippen LogP contribution in [-0.4, -0.2) is 64.4 Å². The molecule has 144 valence electrons. The Balaban J connectivity index is 2.51. The van der Waals surface area contributed by atoms with Gasteiger partial charge in [-0.05, 0) is 31.2 Å². The number of benzene rings is 1. The fourth-order valence-corrected chi connectivity index (χ4v) is 2.93. The summed E-state index contributed by atoms with van der Waals surface area (Å²) in [5.41, 5.74) is 0. The predicted octanol–water partition coefficient (Wildman–Crippen LogP) is -0.246. The number of esters is 1. The van der Waals surface area contributed by atoms with Crippen LogP contribution >= 0.6 is 11.6 Å². The van der Waals surface area contributed by atoms with Crippen LogP contribution in [0, 0.1) is 0 Å². The smallest absolute Gasteiger partial charge is 0.324 e. The van der Waals surface area contributed by atoms with Crippen LogP contribution in [0.4, 0.5) is 0 Å². The van der Waals surface area contributed by atoms with Gasteiger partial charge >= 0.3 is 5.97 Å². The average molecular weight is 406 g/mol. The number of halogens is 1. The van der Waals surface area contributed by atoms with Crippen molar-refractivity contribution < 1.29 is 27.5 Å². The number of nitrogens with zero attached hydrogens (tertiary/aromatic N) is 1. The summed E-state index contributed by atoms with van der Waals surface area (Å²) in [7, 11) is -0.890. The minimum absolute atomic E-state index is 0.0681. The molecular weight excluding hydrogens is 386 g/mol. The van der Waals surface area contributed by atoms with Crippen molar-refractivity contribution in [3.05, 3.63) is 29.3 Å². The van der Waals surface area contributed by atoms with E-state index in [1.807, 2.05) is 0 Å². The van der Waals surface area contributed by atoms with E-state index in [1.54, 1.807) is 0 Å². The Kier molecular flexibility index (Phi) is 8.00. The molecule has 0 fully saturated rings. The molecule has 1 aromatic carbocycles. The number of hydrogen-bond acceptors (Lipinski definition) is 6. The van der Waals surface area contributed by atoms with Crippen molar-refractivity contribution in [3.8, 4) is 0 Å². The maximum absolute atomic E-state index is 12.2. The van der Waals surface area contributed by atoms with Gasteiger partial charge in [-0.2, -0.15) is 4.72 Å². The molecular formula is C15H20ClN3O6S. The molecule has 11 heteroatoms. The maximum atomic E-state index is 12.2. The molecule has 1 rings (SSSR count). The van der Waals surface area contributed by atoms with Gasteiger partial charge in [0.15, 0.2) is 6.61 Å². The van der Waals surface area contributed by atoms with E-state index in [2.05, 4.69) is 10.0 Å². The van der Waals surface area contributed by atoms with Gasteiger partial charge in [-0.25, -0.2) is 8.42 Å². The third kappa shape index (κ3) is 6.98. The summed E-state index contributed by atoms with van der Waals surface area (Å²) in [6.07, 6.45) is 0. The standard InChI is InChI=1S/C15H20ClN3O6S/c1-10(18-26(23,24)12-6-4-11(16)5-7-12)15(22)25-9-13(20)17-8-14(21)19(2)3/h4-7,10,18H,8-9H2,1-3H3,(H,17,20)/t10-/m0/s1. The minimum atomic E-state index is -3.95. The minimum Gasteiger partial charge on any atom is -0.454 e. The van der Waals surface area contributed by atoms with Crippen LogP contribution in [0.15, 0.2) is 29.2 Å². The van der Waals surface area contributed by atoms with Crippen LogP contribution < -0.4 is 10.0 Å². The Morgan fingerprint density at radius 3 is 2.31 bits per heavy atom. The number of carbonyl (C=O) groups excluding carboxylic acids is 3. The first kappa shape index (κ1) is 21.9. The second kappa shape index (κ2) is 9.51. The van der Waals surface area contributed by atoms with Gasteiger partial charge in [0.25, 0.3) is 5.91 Å². The Bertz CT molecular complexity index is 764. The zero-order valence-electron chi connectivity index (χ0n) is 14.5. The zero-order valence-corrected chi connectivity index (χ0v) is 16.1. The van der Waals surface area contributed by atoms with Crippen molar-refractivity contribution in [2.45, 2.75) is 17.9 Å². The fourth-order valence-electron chi connectivity index (χ4n) is 1.61. The normalized spacial score (nSPS) is 12.2. The topological polar surface area (TPSA) is 122 Å². The van der Waals surface area contributed by atoms with Crippen LogP contribution in [0.1, 0.15) is 6.92 Å². The first-order valence-electron chi connectivity index (χ1n) is 7.44. The van der Waals surface area contributed by atoms with E-state index < -0.39 is 34.5 Å². The molecule has 1 atom stereocenters. The third-order valence-corrected chi connectivity index (χ3v) is 4.90. The summed E-state index contributed by atoms with van der Waals surface area (Å²) in [5, 5.41) is 2.65. The molecule has 0 saturated heterocycles. The van der Waals surface area contributed by atoms with Crippen LogP contribution in [0.5, 0.6) is 0 Å². The monoisotopic (exact) mass is 405 g/mol. The SMILES string of the molecule is C[C@H](NS(=O)(=O)c1ccc(Cl)cc1)C(=O)OCC(=O)NCC(=O)N(C)C. The van der Waals surface area contributed by atoms with E-state index in [9.17, 15) is 22.8 Å². The molecule has 0 bridgehead atoms. The molecule has 1 aromatic rings. The van der Waals surface area contributed by atoms with Gasteiger partial charge in [0.2, 0.25) is 15.9 Å². The number of nitrogens with one attached hydrogen (secondary N) is 2. The van der Waals surface area contributed by atoms with E-state index in [-0.39, 0.29) is 17.3 Å². The van der Waals surface area contributed by atoms with Gasteiger partial charge in [0, 0.05) is 19.1 Å². The van der Waals surface area contributed by atoms with Crippen molar-refractivity contribution in [1.82, 2.24) is 14.9 Å². The zero-order chi connectivity index (χ0) is 19.9. The van der Waals surface area contributed by atoms with E-state index >= 15 is 0 Å². The molecule has 2 amide bonds. The summed E-state index contributed by atoms with van der Waals surface area (Å²) in [5.74, 6) is -1.94. The second-order valence-corrected chi connectivity index (χ2v) is 7.62. The number of ether oxygens (including phenoxy) is 1. The number of sulfonamides is 1. The summed E-state index contributed by atoms with van der Waals surface area (Å²) in [4.78, 5) is 35.9. The lowest BCUT2D eigenvalue weighted by Crippen LogP contribution is -2.42. The second-order valence-electron chi connectivity index (χ2n) is 5.47. The highest BCUT2D eigenvalue weighted by Gasteiger charge is 2.23. The fraction of sp³-hybridized carbons (Fsp3) is 0.400. The number of likely N-dealkylation sites (N-methyl/N-ethyl adjacent to an activating group) is 1. The van der Waals surface area contributed by atoms with E-state index in [0.29, 0.717) is 5.02 Å². The van der Waals surface area contributed by atoms with Gasteiger partial charge < -0.3 is 15.0 Å². The highest BCUT2D eigenvalue weighted by atomic mass is 35.5.